The first-order chi connectivity index (χ1) is 10.2. The van der Waals surface area contributed by atoms with Crippen LogP contribution in [0, 0.1) is 6.92 Å². The number of nitrogens with two attached hydrogens (primary N) is 1. The predicted molar refractivity (Wildman–Crippen MR) is 85.6 cm³/mol. The van der Waals surface area contributed by atoms with Crippen molar-refractivity contribution in [1.29, 1.82) is 0 Å². The molecular weight excluding hydrogens is 262 g/mol. The summed E-state index contributed by atoms with van der Waals surface area (Å²) in [6, 6.07) is 14.1. The molecular formula is C18H23NO2. The van der Waals surface area contributed by atoms with Crippen LogP contribution in [0.3, 0.4) is 0 Å². The van der Waals surface area contributed by atoms with Gasteiger partial charge in [0.05, 0.1) is 6.61 Å². The minimum absolute atomic E-state index is 0.456. The Labute approximate surface area is 126 Å². The van der Waals surface area contributed by atoms with Gasteiger partial charge in [0.25, 0.3) is 0 Å². The quantitative estimate of drug-likeness (QED) is 0.841. The topological polar surface area (TPSA) is 44.5 Å². The van der Waals surface area contributed by atoms with Crippen LogP contribution in [0.2, 0.25) is 0 Å². The van der Waals surface area contributed by atoms with E-state index >= 15 is 0 Å². The zero-order chi connectivity index (χ0) is 15.1. The Kier molecular flexibility index (Phi) is 5.64. The third kappa shape index (κ3) is 4.50. The first kappa shape index (κ1) is 15.4. The highest BCUT2D eigenvalue weighted by Gasteiger charge is 2.06. The number of hydrogen-bond donors (Lipinski definition) is 1. The first-order valence-electron chi connectivity index (χ1n) is 7.37. The van der Waals surface area contributed by atoms with Crippen molar-refractivity contribution >= 4 is 0 Å². The highest BCUT2D eigenvalue weighted by molar-refractivity contribution is 5.41. The fourth-order valence-electron chi connectivity index (χ4n) is 2.11. The summed E-state index contributed by atoms with van der Waals surface area (Å²) in [5.74, 6) is 1.63. The van der Waals surface area contributed by atoms with E-state index in [0.29, 0.717) is 19.8 Å². The van der Waals surface area contributed by atoms with Crippen LogP contribution in [0.1, 0.15) is 30.0 Å². The van der Waals surface area contributed by atoms with Crippen LogP contribution in [0.25, 0.3) is 0 Å². The van der Waals surface area contributed by atoms with Crippen molar-refractivity contribution in [2.24, 2.45) is 5.73 Å². The van der Waals surface area contributed by atoms with Crippen molar-refractivity contribution in [1.82, 2.24) is 0 Å². The summed E-state index contributed by atoms with van der Waals surface area (Å²) >= 11 is 0. The Morgan fingerprint density at radius 2 is 1.90 bits per heavy atom. The smallest absolute Gasteiger partial charge is 0.127 e. The van der Waals surface area contributed by atoms with E-state index in [-0.39, 0.29) is 0 Å². The summed E-state index contributed by atoms with van der Waals surface area (Å²) in [5, 5.41) is 0. The van der Waals surface area contributed by atoms with Crippen LogP contribution in [-0.2, 0) is 13.2 Å². The first-order valence-corrected chi connectivity index (χ1v) is 7.37. The lowest BCUT2D eigenvalue weighted by molar-refractivity contribution is 0.292. The number of hydrogen-bond acceptors (Lipinski definition) is 3. The van der Waals surface area contributed by atoms with E-state index in [0.717, 1.165) is 29.0 Å². The lowest BCUT2D eigenvalue weighted by Gasteiger charge is -2.13. The van der Waals surface area contributed by atoms with Crippen LogP contribution < -0.4 is 15.2 Å². The molecule has 2 aromatic carbocycles. The highest BCUT2D eigenvalue weighted by atomic mass is 16.5. The Morgan fingerprint density at radius 3 is 2.62 bits per heavy atom. The molecule has 0 spiro atoms. The zero-order valence-electron chi connectivity index (χ0n) is 12.8. The molecule has 0 saturated carbocycles. The summed E-state index contributed by atoms with van der Waals surface area (Å²) in [6.07, 6.45) is 0.984. The molecule has 0 aliphatic rings. The third-order valence-electron chi connectivity index (χ3n) is 3.21. The van der Waals surface area contributed by atoms with Gasteiger partial charge in [-0.3, -0.25) is 0 Å². The van der Waals surface area contributed by atoms with Gasteiger partial charge in [0, 0.05) is 18.2 Å². The Balaban J connectivity index is 2.09. The summed E-state index contributed by atoms with van der Waals surface area (Å²) in [4.78, 5) is 0. The van der Waals surface area contributed by atoms with Gasteiger partial charge in [-0.15, -0.1) is 0 Å². The maximum Gasteiger partial charge on any atom is 0.127 e. The summed E-state index contributed by atoms with van der Waals surface area (Å²) in [7, 11) is 0. The third-order valence-corrected chi connectivity index (χ3v) is 3.21. The zero-order valence-corrected chi connectivity index (χ0v) is 12.8. The molecule has 0 atom stereocenters. The lowest BCUT2D eigenvalue weighted by atomic mass is 10.1. The average Bonchev–Trinajstić information content (AvgIpc) is 2.51. The van der Waals surface area contributed by atoms with Crippen molar-refractivity contribution in [2.45, 2.75) is 33.4 Å². The van der Waals surface area contributed by atoms with Crippen molar-refractivity contribution in [3.8, 4) is 11.5 Å². The summed E-state index contributed by atoms with van der Waals surface area (Å²) < 4.78 is 11.6. The van der Waals surface area contributed by atoms with Gasteiger partial charge in [-0.2, -0.15) is 0 Å². The SMILES string of the molecule is CCCOc1ccc(CN)c(OCc2cccc(C)c2)c1. The van der Waals surface area contributed by atoms with E-state index in [1.807, 2.05) is 24.3 Å². The molecule has 0 amide bonds. The molecule has 0 heterocycles. The van der Waals surface area contributed by atoms with Gasteiger partial charge in [0.1, 0.15) is 18.1 Å². The monoisotopic (exact) mass is 285 g/mol. The Hall–Kier alpha value is -2.00. The van der Waals surface area contributed by atoms with E-state index in [9.17, 15) is 0 Å². The van der Waals surface area contributed by atoms with Crippen molar-refractivity contribution in [3.05, 3.63) is 59.2 Å². The molecule has 3 nitrogen and oxygen atoms in total. The molecule has 0 bridgehead atoms. The van der Waals surface area contributed by atoms with E-state index in [4.69, 9.17) is 15.2 Å². The summed E-state index contributed by atoms with van der Waals surface area (Å²) in [6.45, 7) is 5.86. The Morgan fingerprint density at radius 1 is 1.05 bits per heavy atom. The van der Waals surface area contributed by atoms with Crippen LogP contribution >= 0.6 is 0 Å². The van der Waals surface area contributed by atoms with Crippen LogP contribution in [0.4, 0.5) is 0 Å². The molecule has 0 aromatic heterocycles. The number of ether oxygens (including phenoxy) is 2. The lowest BCUT2D eigenvalue weighted by Crippen LogP contribution is -2.04. The van der Waals surface area contributed by atoms with Gasteiger partial charge in [-0.1, -0.05) is 42.8 Å². The fraction of sp³-hybridized carbons (Fsp3) is 0.333. The second kappa shape index (κ2) is 7.70. The molecule has 112 valence electrons. The minimum Gasteiger partial charge on any atom is -0.493 e. The predicted octanol–water partition coefficient (Wildman–Crippen LogP) is 3.82. The number of aryl methyl sites for hydroxylation is 1. The highest BCUT2D eigenvalue weighted by Crippen LogP contribution is 2.26. The van der Waals surface area contributed by atoms with Crippen LogP contribution in [-0.4, -0.2) is 6.61 Å². The maximum atomic E-state index is 5.93. The van der Waals surface area contributed by atoms with Gasteiger partial charge >= 0.3 is 0 Å². The van der Waals surface area contributed by atoms with Gasteiger partial charge < -0.3 is 15.2 Å². The molecule has 0 aliphatic heterocycles. The standard InChI is InChI=1S/C18H23NO2/c1-3-9-20-17-8-7-16(12-19)18(11-17)21-13-15-6-4-5-14(2)10-15/h4-8,10-11H,3,9,12-13,19H2,1-2H3. The normalized spacial score (nSPS) is 10.4. The molecule has 0 aliphatic carbocycles. The van der Waals surface area contributed by atoms with E-state index < -0.39 is 0 Å². The molecule has 0 unspecified atom stereocenters. The molecule has 21 heavy (non-hydrogen) atoms. The number of rotatable bonds is 7. The van der Waals surface area contributed by atoms with E-state index in [1.165, 1.54) is 5.56 Å². The molecule has 3 heteroatoms. The van der Waals surface area contributed by atoms with Crippen LogP contribution in [0.5, 0.6) is 11.5 Å². The minimum atomic E-state index is 0.456. The molecule has 2 aromatic rings. The molecule has 0 fully saturated rings. The average molecular weight is 285 g/mol. The van der Waals surface area contributed by atoms with E-state index in [2.05, 4.69) is 32.0 Å². The number of benzene rings is 2. The molecule has 2 rings (SSSR count). The van der Waals surface area contributed by atoms with Crippen molar-refractivity contribution < 1.29 is 9.47 Å². The fourth-order valence-corrected chi connectivity index (χ4v) is 2.11. The molecule has 0 saturated heterocycles. The summed E-state index contributed by atoms with van der Waals surface area (Å²) in [5.41, 5.74) is 9.15. The van der Waals surface area contributed by atoms with E-state index in [1.54, 1.807) is 0 Å². The van der Waals surface area contributed by atoms with Gasteiger partial charge in [-0.05, 0) is 25.0 Å². The van der Waals surface area contributed by atoms with Gasteiger partial charge in [0.2, 0.25) is 0 Å². The van der Waals surface area contributed by atoms with Crippen LogP contribution in [0.15, 0.2) is 42.5 Å². The second-order valence-electron chi connectivity index (χ2n) is 5.10. The Bertz CT molecular complexity index is 581. The van der Waals surface area contributed by atoms with Crippen molar-refractivity contribution in [2.75, 3.05) is 6.61 Å². The van der Waals surface area contributed by atoms with Gasteiger partial charge in [-0.25, -0.2) is 0 Å². The maximum absolute atomic E-state index is 5.93. The van der Waals surface area contributed by atoms with Gasteiger partial charge in [0.15, 0.2) is 0 Å². The van der Waals surface area contributed by atoms with Crippen molar-refractivity contribution in [3.63, 3.8) is 0 Å². The second-order valence-corrected chi connectivity index (χ2v) is 5.10. The molecule has 2 N–H and O–H groups in total. The molecule has 0 radical (unpaired) electrons. The largest absolute Gasteiger partial charge is 0.493 e.